The van der Waals surface area contributed by atoms with Gasteiger partial charge in [0.2, 0.25) is 5.91 Å². The molecule has 16 heavy (non-hydrogen) atoms. The maximum absolute atomic E-state index is 11.6. The fraction of sp³-hybridized carbons (Fsp3) is 0.917. The number of hydrogen-bond acceptors (Lipinski definition) is 3. The quantitative estimate of drug-likeness (QED) is 0.646. The topological polar surface area (TPSA) is 75.4 Å². The Bertz CT molecular complexity index is 231. The molecular weight excluding hydrogens is 204 g/mol. The van der Waals surface area contributed by atoms with E-state index in [4.69, 9.17) is 5.73 Å². The van der Waals surface area contributed by atoms with Crippen molar-refractivity contribution < 1.29 is 9.90 Å². The standard InChI is InChI=1S/C12H24N2O2/c1-8(2)6-10(13)12(16)14-7-9-4-3-5-11(9)15/h8-11,15H,3-7,13H2,1-2H3,(H,14,16)/t9?,10-,11?/m1/s1. The van der Waals surface area contributed by atoms with Gasteiger partial charge in [0.05, 0.1) is 12.1 Å². The van der Waals surface area contributed by atoms with Crippen molar-refractivity contribution >= 4 is 5.91 Å². The van der Waals surface area contributed by atoms with Gasteiger partial charge in [-0.3, -0.25) is 4.79 Å². The second-order valence-electron chi connectivity index (χ2n) is 5.24. The first-order valence-electron chi connectivity index (χ1n) is 6.22. The largest absolute Gasteiger partial charge is 0.393 e. The van der Waals surface area contributed by atoms with E-state index in [1.54, 1.807) is 0 Å². The van der Waals surface area contributed by atoms with Crippen LogP contribution in [0, 0.1) is 11.8 Å². The number of carbonyl (C=O) groups excluding carboxylic acids is 1. The molecule has 2 unspecified atom stereocenters. The van der Waals surface area contributed by atoms with Gasteiger partial charge in [0.15, 0.2) is 0 Å². The SMILES string of the molecule is CC(C)C[C@@H](N)C(=O)NCC1CCCC1O. The third-order valence-corrected chi connectivity index (χ3v) is 3.22. The average Bonchev–Trinajstić information content (AvgIpc) is 2.59. The molecule has 0 aliphatic heterocycles. The summed E-state index contributed by atoms with van der Waals surface area (Å²) in [4.78, 5) is 11.6. The van der Waals surface area contributed by atoms with Gasteiger partial charge < -0.3 is 16.2 Å². The molecule has 4 nitrogen and oxygen atoms in total. The highest BCUT2D eigenvalue weighted by molar-refractivity contribution is 5.81. The van der Waals surface area contributed by atoms with E-state index in [1.165, 1.54) is 0 Å². The van der Waals surface area contributed by atoms with Crippen molar-refractivity contribution in [1.29, 1.82) is 0 Å². The Morgan fingerprint density at radius 2 is 2.19 bits per heavy atom. The Kier molecular flexibility index (Phi) is 5.22. The maximum Gasteiger partial charge on any atom is 0.236 e. The lowest BCUT2D eigenvalue weighted by atomic mass is 10.0. The minimum Gasteiger partial charge on any atom is -0.393 e. The molecule has 4 heteroatoms. The number of rotatable bonds is 5. The van der Waals surface area contributed by atoms with Crippen LogP contribution in [0.2, 0.25) is 0 Å². The number of nitrogens with one attached hydrogen (secondary N) is 1. The van der Waals surface area contributed by atoms with Crippen LogP contribution in [0.25, 0.3) is 0 Å². The minimum atomic E-state index is -0.418. The summed E-state index contributed by atoms with van der Waals surface area (Å²) in [5.41, 5.74) is 5.76. The van der Waals surface area contributed by atoms with Crippen LogP contribution < -0.4 is 11.1 Å². The predicted molar refractivity (Wildman–Crippen MR) is 63.8 cm³/mol. The van der Waals surface area contributed by atoms with Crippen LogP contribution in [0.3, 0.4) is 0 Å². The van der Waals surface area contributed by atoms with E-state index in [0.717, 1.165) is 19.3 Å². The van der Waals surface area contributed by atoms with Gasteiger partial charge in [0.1, 0.15) is 0 Å². The number of nitrogens with two attached hydrogens (primary N) is 1. The second kappa shape index (κ2) is 6.21. The lowest BCUT2D eigenvalue weighted by Crippen LogP contribution is -2.43. The van der Waals surface area contributed by atoms with E-state index in [0.29, 0.717) is 18.9 Å². The van der Waals surface area contributed by atoms with E-state index < -0.39 is 6.04 Å². The molecule has 0 saturated heterocycles. The molecule has 0 radical (unpaired) electrons. The zero-order chi connectivity index (χ0) is 12.1. The maximum atomic E-state index is 11.6. The van der Waals surface area contributed by atoms with Crippen molar-refractivity contribution in [2.75, 3.05) is 6.54 Å². The molecule has 1 rings (SSSR count). The van der Waals surface area contributed by atoms with Crippen molar-refractivity contribution in [2.24, 2.45) is 17.6 Å². The Labute approximate surface area is 97.6 Å². The molecule has 3 atom stereocenters. The molecule has 1 aliphatic rings. The van der Waals surface area contributed by atoms with Gasteiger partial charge in [-0.2, -0.15) is 0 Å². The summed E-state index contributed by atoms with van der Waals surface area (Å²) in [6.45, 7) is 4.66. The highest BCUT2D eigenvalue weighted by Gasteiger charge is 2.26. The number of aliphatic hydroxyl groups is 1. The van der Waals surface area contributed by atoms with E-state index in [2.05, 4.69) is 5.32 Å². The Balaban J connectivity index is 2.23. The summed E-state index contributed by atoms with van der Waals surface area (Å²) in [6.07, 6.45) is 3.37. The molecule has 0 aromatic rings. The first kappa shape index (κ1) is 13.5. The first-order valence-corrected chi connectivity index (χ1v) is 6.22. The smallest absolute Gasteiger partial charge is 0.236 e. The number of carbonyl (C=O) groups is 1. The summed E-state index contributed by atoms with van der Waals surface area (Å²) in [6, 6.07) is -0.418. The molecule has 0 spiro atoms. The van der Waals surface area contributed by atoms with Crippen molar-refractivity contribution in [2.45, 2.75) is 51.7 Å². The van der Waals surface area contributed by atoms with Crippen molar-refractivity contribution in [3.8, 4) is 0 Å². The molecule has 0 aromatic carbocycles. The lowest BCUT2D eigenvalue weighted by Gasteiger charge is -2.18. The van der Waals surface area contributed by atoms with Crippen molar-refractivity contribution in [3.05, 3.63) is 0 Å². The third-order valence-electron chi connectivity index (χ3n) is 3.22. The molecule has 1 saturated carbocycles. The van der Waals surface area contributed by atoms with E-state index in [-0.39, 0.29) is 17.9 Å². The van der Waals surface area contributed by atoms with Crippen LogP contribution in [0.1, 0.15) is 39.5 Å². The fourth-order valence-corrected chi connectivity index (χ4v) is 2.23. The van der Waals surface area contributed by atoms with Gasteiger partial charge in [0, 0.05) is 12.5 Å². The van der Waals surface area contributed by atoms with E-state index in [9.17, 15) is 9.90 Å². The van der Waals surface area contributed by atoms with Crippen LogP contribution in [0.15, 0.2) is 0 Å². The Morgan fingerprint density at radius 1 is 1.50 bits per heavy atom. The van der Waals surface area contributed by atoms with Crippen LogP contribution in [-0.4, -0.2) is 29.7 Å². The lowest BCUT2D eigenvalue weighted by molar-refractivity contribution is -0.123. The number of hydrogen-bond donors (Lipinski definition) is 3. The monoisotopic (exact) mass is 228 g/mol. The van der Waals surface area contributed by atoms with Gasteiger partial charge in [-0.1, -0.05) is 20.3 Å². The van der Waals surface area contributed by atoms with Gasteiger partial charge >= 0.3 is 0 Å². The molecule has 0 heterocycles. The Morgan fingerprint density at radius 3 is 2.69 bits per heavy atom. The zero-order valence-corrected chi connectivity index (χ0v) is 10.3. The zero-order valence-electron chi connectivity index (χ0n) is 10.3. The van der Waals surface area contributed by atoms with Gasteiger partial charge in [-0.05, 0) is 25.2 Å². The molecule has 1 fully saturated rings. The van der Waals surface area contributed by atoms with Crippen LogP contribution in [0.5, 0.6) is 0 Å². The number of amides is 1. The molecule has 1 aliphatic carbocycles. The minimum absolute atomic E-state index is 0.0900. The normalized spacial score (nSPS) is 27.1. The molecule has 0 aromatic heterocycles. The summed E-state index contributed by atoms with van der Waals surface area (Å²) >= 11 is 0. The summed E-state index contributed by atoms with van der Waals surface area (Å²) in [5.74, 6) is 0.556. The molecule has 4 N–H and O–H groups in total. The number of aliphatic hydroxyl groups excluding tert-OH is 1. The van der Waals surface area contributed by atoms with Gasteiger partial charge in [0.25, 0.3) is 0 Å². The van der Waals surface area contributed by atoms with Crippen LogP contribution >= 0.6 is 0 Å². The van der Waals surface area contributed by atoms with Crippen molar-refractivity contribution in [1.82, 2.24) is 5.32 Å². The van der Waals surface area contributed by atoms with Gasteiger partial charge in [-0.25, -0.2) is 0 Å². The summed E-state index contributed by atoms with van der Waals surface area (Å²) in [7, 11) is 0. The fourth-order valence-electron chi connectivity index (χ4n) is 2.23. The first-order chi connectivity index (χ1) is 7.50. The van der Waals surface area contributed by atoms with Crippen LogP contribution in [-0.2, 0) is 4.79 Å². The molecule has 1 amide bonds. The summed E-state index contributed by atoms with van der Waals surface area (Å²) in [5, 5.41) is 12.4. The molecular formula is C12H24N2O2. The van der Waals surface area contributed by atoms with Crippen molar-refractivity contribution in [3.63, 3.8) is 0 Å². The Hall–Kier alpha value is -0.610. The molecule has 94 valence electrons. The van der Waals surface area contributed by atoms with E-state index >= 15 is 0 Å². The second-order valence-corrected chi connectivity index (χ2v) is 5.24. The van der Waals surface area contributed by atoms with Gasteiger partial charge in [-0.15, -0.1) is 0 Å². The highest BCUT2D eigenvalue weighted by Crippen LogP contribution is 2.24. The van der Waals surface area contributed by atoms with Crippen LogP contribution in [0.4, 0.5) is 0 Å². The van der Waals surface area contributed by atoms with E-state index in [1.807, 2.05) is 13.8 Å². The predicted octanol–water partition coefficient (Wildman–Crippen LogP) is 0.637. The average molecular weight is 228 g/mol. The third kappa shape index (κ3) is 4.10. The molecule has 0 bridgehead atoms. The highest BCUT2D eigenvalue weighted by atomic mass is 16.3. The summed E-state index contributed by atoms with van der Waals surface area (Å²) < 4.78 is 0.